The zero-order chi connectivity index (χ0) is 24.0. The molecule has 0 aliphatic rings. The van der Waals surface area contributed by atoms with Crippen LogP contribution >= 0.6 is 0 Å². The van der Waals surface area contributed by atoms with Gasteiger partial charge in [-0.2, -0.15) is 5.10 Å². The highest BCUT2D eigenvalue weighted by Gasteiger charge is 2.14. The maximum Gasteiger partial charge on any atom is 0.271 e. The molecular weight excluding hydrogens is 438 g/mol. The summed E-state index contributed by atoms with van der Waals surface area (Å²) in [4.78, 5) is 12.0. The topological polar surface area (TPSA) is 75.8 Å². The molecule has 0 aliphatic heterocycles. The summed E-state index contributed by atoms with van der Waals surface area (Å²) in [5.41, 5.74) is 6.06. The average Bonchev–Trinajstić information content (AvgIpc) is 3.22. The number of aliphatic hydroxyl groups excluding tert-OH is 1. The number of aliphatic hydroxyl groups is 1. The molecule has 1 aromatic heterocycles. The molecule has 5 rings (SSSR count). The van der Waals surface area contributed by atoms with Gasteiger partial charge in [-0.15, -0.1) is 0 Å². The molecule has 2 N–H and O–H groups in total. The van der Waals surface area contributed by atoms with Crippen molar-refractivity contribution in [2.45, 2.75) is 12.6 Å². The van der Waals surface area contributed by atoms with E-state index in [2.05, 4.69) is 39.4 Å². The first-order chi connectivity index (χ1) is 17.2. The van der Waals surface area contributed by atoms with Gasteiger partial charge in [0.25, 0.3) is 5.91 Å². The van der Waals surface area contributed by atoms with E-state index in [0.717, 1.165) is 16.6 Å². The number of aromatic nitrogens is 1. The lowest BCUT2D eigenvalue weighted by Crippen LogP contribution is -2.23. The molecule has 35 heavy (non-hydrogen) atoms. The predicted molar refractivity (Wildman–Crippen MR) is 139 cm³/mol. The summed E-state index contributed by atoms with van der Waals surface area (Å²) in [6.07, 6.45) is 0.894. The molecular formula is C29H25N3O3. The van der Waals surface area contributed by atoms with Gasteiger partial charge in [0.2, 0.25) is 0 Å². The van der Waals surface area contributed by atoms with Gasteiger partial charge in [-0.05, 0) is 54.1 Å². The van der Waals surface area contributed by atoms with E-state index in [1.54, 1.807) is 30.5 Å². The Morgan fingerprint density at radius 3 is 2.11 bits per heavy atom. The van der Waals surface area contributed by atoms with E-state index in [4.69, 9.17) is 4.74 Å². The highest BCUT2D eigenvalue weighted by molar-refractivity contribution is 6.07. The van der Waals surface area contributed by atoms with Gasteiger partial charge in [-0.3, -0.25) is 4.79 Å². The Hall–Kier alpha value is -4.42. The first-order valence-corrected chi connectivity index (χ1v) is 11.4. The molecule has 6 nitrogen and oxygen atoms in total. The number of hydrazone groups is 1. The molecule has 0 bridgehead atoms. The van der Waals surface area contributed by atoms with Crippen molar-refractivity contribution in [1.29, 1.82) is 0 Å². The van der Waals surface area contributed by atoms with Crippen LogP contribution in [0.2, 0.25) is 0 Å². The van der Waals surface area contributed by atoms with E-state index < -0.39 is 6.10 Å². The minimum atomic E-state index is -0.677. The molecule has 0 fully saturated rings. The monoisotopic (exact) mass is 463 g/mol. The summed E-state index contributed by atoms with van der Waals surface area (Å²) in [5.74, 6) is 0.385. The van der Waals surface area contributed by atoms with Gasteiger partial charge < -0.3 is 14.4 Å². The number of hydrogen-bond donors (Lipinski definition) is 2. The fourth-order valence-electron chi connectivity index (χ4n) is 4.13. The van der Waals surface area contributed by atoms with E-state index in [1.165, 1.54) is 10.8 Å². The molecule has 0 saturated heterocycles. The van der Waals surface area contributed by atoms with Crippen LogP contribution in [0.1, 0.15) is 15.9 Å². The largest absolute Gasteiger partial charge is 0.491 e. The molecule has 174 valence electrons. The van der Waals surface area contributed by atoms with Crippen LogP contribution in [0.25, 0.3) is 21.8 Å². The number of amides is 1. The van der Waals surface area contributed by atoms with Gasteiger partial charge in [0.05, 0.1) is 12.8 Å². The van der Waals surface area contributed by atoms with Crippen LogP contribution < -0.4 is 10.2 Å². The van der Waals surface area contributed by atoms with E-state index in [-0.39, 0.29) is 12.5 Å². The summed E-state index contributed by atoms with van der Waals surface area (Å²) >= 11 is 0. The van der Waals surface area contributed by atoms with E-state index in [0.29, 0.717) is 17.9 Å². The smallest absolute Gasteiger partial charge is 0.271 e. The fraction of sp³-hybridized carbons (Fsp3) is 0.103. The zero-order valence-electron chi connectivity index (χ0n) is 19.0. The van der Waals surface area contributed by atoms with Crippen molar-refractivity contribution in [2.24, 2.45) is 5.10 Å². The summed E-state index contributed by atoms with van der Waals surface area (Å²) in [7, 11) is 0. The lowest BCUT2D eigenvalue weighted by atomic mass is 10.2. The number of nitrogens with one attached hydrogen (secondary N) is 1. The number of para-hydroxylation sites is 2. The highest BCUT2D eigenvalue weighted by Crippen LogP contribution is 2.28. The van der Waals surface area contributed by atoms with Crippen LogP contribution in [-0.2, 0) is 6.54 Å². The van der Waals surface area contributed by atoms with Gasteiger partial charge in [-0.1, -0.05) is 54.6 Å². The van der Waals surface area contributed by atoms with Gasteiger partial charge in [0, 0.05) is 27.4 Å². The second kappa shape index (κ2) is 10.2. The third-order valence-corrected chi connectivity index (χ3v) is 5.81. The van der Waals surface area contributed by atoms with Crippen molar-refractivity contribution in [3.05, 3.63) is 114 Å². The third kappa shape index (κ3) is 5.08. The molecule has 6 heteroatoms. The maximum atomic E-state index is 12.0. The number of nitrogens with zero attached hydrogens (tertiary/aromatic N) is 2. The summed E-state index contributed by atoms with van der Waals surface area (Å²) in [5, 5.41) is 17.1. The summed E-state index contributed by atoms with van der Waals surface area (Å²) in [6, 6.07) is 32.7. The third-order valence-electron chi connectivity index (χ3n) is 5.81. The Kier molecular flexibility index (Phi) is 6.55. The lowest BCUT2D eigenvalue weighted by molar-refractivity contribution is 0.0944. The summed E-state index contributed by atoms with van der Waals surface area (Å²) in [6.45, 7) is 0.598. The van der Waals surface area contributed by atoms with Crippen molar-refractivity contribution in [3.8, 4) is 5.75 Å². The van der Waals surface area contributed by atoms with Crippen LogP contribution in [0.3, 0.4) is 0 Å². The number of benzene rings is 4. The zero-order valence-corrected chi connectivity index (χ0v) is 19.0. The molecule has 0 spiro atoms. The molecule has 0 aliphatic carbocycles. The Morgan fingerprint density at radius 2 is 1.46 bits per heavy atom. The molecule has 1 amide bonds. The standard InChI is InChI=1S/C29H25N3O3/c33-23(19-32-27-12-6-4-10-25(27)26-11-5-7-13-28(26)32)20-35-24-16-14-21(15-17-24)18-30-31-29(34)22-8-2-1-3-9-22/h1-18,23,33H,19-20H2,(H,31,34)/b30-18-/t23-/m1/s1. The highest BCUT2D eigenvalue weighted by atomic mass is 16.5. The molecule has 0 unspecified atom stereocenters. The normalized spacial score (nSPS) is 12.3. The predicted octanol–water partition coefficient (Wildman–Crippen LogP) is 5.00. The minimum absolute atomic E-state index is 0.168. The lowest BCUT2D eigenvalue weighted by Gasteiger charge is -2.15. The quantitative estimate of drug-likeness (QED) is 0.251. The molecule has 1 atom stereocenters. The first kappa shape index (κ1) is 22.4. The van der Waals surface area contributed by atoms with Crippen molar-refractivity contribution in [3.63, 3.8) is 0 Å². The van der Waals surface area contributed by atoms with E-state index >= 15 is 0 Å². The molecule has 0 saturated carbocycles. The number of carbonyl (C=O) groups excluding carboxylic acids is 1. The van der Waals surface area contributed by atoms with Crippen LogP contribution in [0.5, 0.6) is 5.75 Å². The van der Waals surface area contributed by atoms with Crippen molar-refractivity contribution in [2.75, 3.05) is 6.61 Å². The average molecular weight is 464 g/mol. The van der Waals surface area contributed by atoms with E-state index in [9.17, 15) is 9.90 Å². The Morgan fingerprint density at radius 1 is 0.857 bits per heavy atom. The SMILES string of the molecule is O=C(N/N=C\c1ccc(OC[C@H](O)Cn2c3ccccc3c3ccccc32)cc1)c1ccccc1. The number of ether oxygens (including phenoxy) is 1. The van der Waals surface area contributed by atoms with Gasteiger partial charge in [0.15, 0.2) is 0 Å². The molecule has 1 heterocycles. The Balaban J connectivity index is 1.18. The Labute approximate surface area is 203 Å². The van der Waals surface area contributed by atoms with Crippen LogP contribution in [0.4, 0.5) is 0 Å². The van der Waals surface area contributed by atoms with Crippen LogP contribution in [0, 0.1) is 0 Å². The van der Waals surface area contributed by atoms with Crippen LogP contribution in [-0.4, -0.2) is 34.5 Å². The number of fused-ring (bicyclic) bond motifs is 3. The van der Waals surface area contributed by atoms with Gasteiger partial charge in [-0.25, -0.2) is 5.43 Å². The van der Waals surface area contributed by atoms with Crippen LogP contribution in [0.15, 0.2) is 108 Å². The summed E-state index contributed by atoms with van der Waals surface area (Å²) < 4.78 is 7.96. The molecule has 5 aromatic rings. The van der Waals surface area contributed by atoms with Crippen molar-refractivity contribution < 1.29 is 14.6 Å². The second-order valence-electron chi connectivity index (χ2n) is 8.24. The van der Waals surface area contributed by atoms with Gasteiger partial charge in [0.1, 0.15) is 18.5 Å². The number of hydrogen-bond acceptors (Lipinski definition) is 4. The minimum Gasteiger partial charge on any atom is -0.491 e. The van der Waals surface area contributed by atoms with Gasteiger partial charge >= 0.3 is 0 Å². The Bertz CT molecular complexity index is 1420. The van der Waals surface area contributed by atoms with Crippen molar-refractivity contribution in [1.82, 2.24) is 9.99 Å². The first-order valence-electron chi connectivity index (χ1n) is 11.4. The molecule has 4 aromatic carbocycles. The molecule has 0 radical (unpaired) electrons. The maximum absolute atomic E-state index is 12.0. The van der Waals surface area contributed by atoms with Crippen molar-refractivity contribution >= 4 is 33.9 Å². The second-order valence-corrected chi connectivity index (χ2v) is 8.24. The number of rotatable bonds is 8. The van der Waals surface area contributed by atoms with E-state index in [1.807, 2.05) is 54.6 Å². The fourth-order valence-corrected chi connectivity index (χ4v) is 4.13. The number of carbonyl (C=O) groups is 1.